The third-order valence-corrected chi connectivity index (χ3v) is 4.30. The normalized spacial score (nSPS) is 15.9. The average molecular weight is 306 g/mol. The maximum absolute atomic E-state index is 12.2. The lowest BCUT2D eigenvalue weighted by Gasteiger charge is -2.38. The number of carbonyl (C=O) groups excluding carboxylic acids is 1. The summed E-state index contributed by atoms with van der Waals surface area (Å²) in [5.74, 6) is 1.30. The van der Waals surface area contributed by atoms with Crippen molar-refractivity contribution in [2.45, 2.75) is 32.7 Å². The van der Waals surface area contributed by atoms with Crippen LogP contribution in [0, 0.1) is 0 Å². The minimum Gasteiger partial charge on any atom is -0.497 e. The van der Waals surface area contributed by atoms with Gasteiger partial charge in [0.1, 0.15) is 11.5 Å². The highest BCUT2D eigenvalue weighted by Gasteiger charge is 2.25. The molecular weight excluding hydrogens is 280 g/mol. The van der Waals surface area contributed by atoms with E-state index in [0.29, 0.717) is 11.8 Å². The quantitative estimate of drug-likeness (QED) is 0.838. The Hall–Kier alpha value is -1.75. The Kier molecular flexibility index (Phi) is 6.07. The van der Waals surface area contributed by atoms with E-state index in [-0.39, 0.29) is 6.09 Å². The lowest BCUT2D eigenvalue weighted by atomic mass is 10.1. The molecule has 22 heavy (non-hydrogen) atoms. The zero-order valence-electron chi connectivity index (χ0n) is 13.7. The Labute approximate surface area is 132 Å². The zero-order chi connectivity index (χ0) is 15.9. The number of carbonyl (C=O) groups is 1. The summed E-state index contributed by atoms with van der Waals surface area (Å²) in [5.41, 5.74) is 0. The van der Waals surface area contributed by atoms with Gasteiger partial charge in [0.15, 0.2) is 0 Å². The molecule has 0 aromatic heterocycles. The van der Waals surface area contributed by atoms with Gasteiger partial charge in [0.25, 0.3) is 0 Å². The molecule has 5 heteroatoms. The van der Waals surface area contributed by atoms with Crippen molar-refractivity contribution in [3.8, 4) is 11.5 Å². The Morgan fingerprint density at radius 1 is 1.05 bits per heavy atom. The number of benzene rings is 1. The maximum atomic E-state index is 12.2. The predicted molar refractivity (Wildman–Crippen MR) is 86.5 cm³/mol. The number of ether oxygens (including phenoxy) is 2. The van der Waals surface area contributed by atoms with Crippen molar-refractivity contribution in [3.05, 3.63) is 24.3 Å². The summed E-state index contributed by atoms with van der Waals surface area (Å²) in [6.07, 6.45) is 2.05. The zero-order valence-corrected chi connectivity index (χ0v) is 13.7. The van der Waals surface area contributed by atoms with Crippen LogP contribution in [0.5, 0.6) is 11.5 Å². The topological polar surface area (TPSA) is 42.0 Å². The smallest absolute Gasteiger partial charge is 0.415 e. The summed E-state index contributed by atoms with van der Waals surface area (Å²) in [6, 6.07) is 7.69. The molecule has 0 saturated carbocycles. The molecule has 0 atom stereocenters. The summed E-state index contributed by atoms with van der Waals surface area (Å²) in [4.78, 5) is 16.4. The molecule has 0 radical (unpaired) electrons. The van der Waals surface area contributed by atoms with Crippen molar-refractivity contribution in [2.24, 2.45) is 0 Å². The molecule has 1 saturated heterocycles. The lowest BCUT2D eigenvalue weighted by Crippen LogP contribution is -2.52. The number of hydrogen-bond acceptors (Lipinski definition) is 4. The van der Waals surface area contributed by atoms with E-state index in [0.717, 1.165) is 44.8 Å². The van der Waals surface area contributed by atoms with E-state index in [1.807, 2.05) is 0 Å². The SMILES string of the molecule is CCC(CC)N1CCN(C(=O)Oc2ccc(OC)cc2)CC1. The van der Waals surface area contributed by atoms with Crippen LogP contribution in [-0.2, 0) is 0 Å². The van der Waals surface area contributed by atoms with Crippen LogP contribution >= 0.6 is 0 Å². The molecule has 1 aromatic rings. The minimum atomic E-state index is -0.269. The van der Waals surface area contributed by atoms with Crippen molar-refractivity contribution in [3.63, 3.8) is 0 Å². The molecule has 1 fully saturated rings. The van der Waals surface area contributed by atoms with E-state index >= 15 is 0 Å². The molecule has 1 amide bonds. The monoisotopic (exact) mass is 306 g/mol. The maximum Gasteiger partial charge on any atom is 0.415 e. The Balaban J connectivity index is 1.84. The number of rotatable bonds is 5. The van der Waals surface area contributed by atoms with Crippen molar-refractivity contribution in [2.75, 3.05) is 33.3 Å². The van der Waals surface area contributed by atoms with Gasteiger partial charge >= 0.3 is 6.09 Å². The number of piperazine rings is 1. The van der Waals surface area contributed by atoms with E-state index in [2.05, 4.69) is 18.7 Å². The van der Waals surface area contributed by atoms with Crippen molar-refractivity contribution < 1.29 is 14.3 Å². The van der Waals surface area contributed by atoms with Crippen LogP contribution in [0.1, 0.15) is 26.7 Å². The van der Waals surface area contributed by atoms with Gasteiger partial charge in [-0.2, -0.15) is 0 Å². The minimum absolute atomic E-state index is 0.269. The second-order valence-corrected chi connectivity index (χ2v) is 5.54. The third kappa shape index (κ3) is 4.13. The molecule has 5 nitrogen and oxygen atoms in total. The molecule has 1 aliphatic rings. The van der Waals surface area contributed by atoms with E-state index in [4.69, 9.17) is 9.47 Å². The highest BCUT2D eigenvalue weighted by molar-refractivity contribution is 5.70. The fraction of sp³-hybridized carbons (Fsp3) is 0.588. The van der Waals surface area contributed by atoms with Gasteiger partial charge in [-0.15, -0.1) is 0 Å². The van der Waals surface area contributed by atoms with Gasteiger partial charge in [-0.3, -0.25) is 4.90 Å². The van der Waals surface area contributed by atoms with Crippen LogP contribution in [0.3, 0.4) is 0 Å². The van der Waals surface area contributed by atoms with E-state index < -0.39 is 0 Å². The van der Waals surface area contributed by atoms with Gasteiger partial charge in [-0.1, -0.05) is 13.8 Å². The van der Waals surface area contributed by atoms with Crippen LogP contribution in [0.4, 0.5) is 4.79 Å². The van der Waals surface area contributed by atoms with Crippen molar-refractivity contribution >= 4 is 6.09 Å². The molecule has 0 aliphatic carbocycles. The van der Waals surface area contributed by atoms with Gasteiger partial charge in [0, 0.05) is 32.2 Å². The predicted octanol–water partition coefficient (Wildman–Crippen LogP) is 3.00. The molecule has 0 unspecified atom stereocenters. The first-order chi connectivity index (χ1) is 10.7. The lowest BCUT2D eigenvalue weighted by molar-refractivity contribution is 0.0860. The molecule has 122 valence electrons. The third-order valence-electron chi connectivity index (χ3n) is 4.30. The number of hydrogen-bond donors (Lipinski definition) is 0. The molecular formula is C17H26N2O3. The Bertz CT molecular complexity index is 463. The van der Waals surface area contributed by atoms with E-state index in [1.54, 1.807) is 36.3 Å². The van der Waals surface area contributed by atoms with Gasteiger partial charge < -0.3 is 14.4 Å². The van der Waals surface area contributed by atoms with Gasteiger partial charge in [0.05, 0.1) is 7.11 Å². The van der Waals surface area contributed by atoms with Crippen molar-refractivity contribution in [1.82, 2.24) is 9.80 Å². The van der Waals surface area contributed by atoms with Gasteiger partial charge in [-0.05, 0) is 37.1 Å². The Morgan fingerprint density at radius 2 is 1.59 bits per heavy atom. The number of nitrogens with zero attached hydrogens (tertiary/aromatic N) is 2. The first kappa shape index (κ1) is 16.6. The summed E-state index contributed by atoms with van der Waals surface area (Å²) in [7, 11) is 1.61. The first-order valence-electron chi connectivity index (χ1n) is 8.02. The Morgan fingerprint density at radius 3 is 2.09 bits per heavy atom. The number of amides is 1. The van der Waals surface area contributed by atoms with Gasteiger partial charge in [-0.25, -0.2) is 4.79 Å². The van der Waals surface area contributed by atoms with E-state index in [9.17, 15) is 4.79 Å². The molecule has 1 aliphatic heterocycles. The van der Waals surface area contributed by atoms with Crippen LogP contribution in [0.2, 0.25) is 0 Å². The largest absolute Gasteiger partial charge is 0.497 e. The molecule has 1 heterocycles. The highest BCUT2D eigenvalue weighted by Crippen LogP contribution is 2.18. The van der Waals surface area contributed by atoms with E-state index in [1.165, 1.54) is 0 Å². The summed E-state index contributed by atoms with van der Waals surface area (Å²) < 4.78 is 10.5. The van der Waals surface area contributed by atoms with Crippen LogP contribution < -0.4 is 9.47 Å². The molecule has 0 bridgehead atoms. The van der Waals surface area contributed by atoms with Crippen LogP contribution in [0.25, 0.3) is 0 Å². The van der Waals surface area contributed by atoms with Crippen molar-refractivity contribution in [1.29, 1.82) is 0 Å². The fourth-order valence-corrected chi connectivity index (χ4v) is 2.88. The summed E-state index contributed by atoms with van der Waals surface area (Å²) in [6.45, 7) is 7.74. The molecule has 1 aromatic carbocycles. The molecule has 0 N–H and O–H groups in total. The summed E-state index contributed by atoms with van der Waals surface area (Å²) in [5, 5.41) is 0. The molecule has 2 rings (SSSR count). The van der Waals surface area contributed by atoms with Crippen LogP contribution in [0.15, 0.2) is 24.3 Å². The second kappa shape index (κ2) is 8.03. The second-order valence-electron chi connectivity index (χ2n) is 5.54. The fourth-order valence-electron chi connectivity index (χ4n) is 2.88. The summed E-state index contributed by atoms with van der Waals surface area (Å²) >= 11 is 0. The van der Waals surface area contributed by atoms with Crippen LogP contribution in [-0.4, -0.2) is 55.2 Å². The first-order valence-corrected chi connectivity index (χ1v) is 8.02. The average Bonchev–Trinajstić information content (AvgIpc) is 2.57. The highest BCUT2D eigenvalue weighted by atomic mass is 16.6. The van der Waals surface area contributed by atoms with Gasteiger partial charge in [0.2, 0.25) is 0 Å². The number of methoxy groups -OCH3 is 1. The molecule has 0 spiro atoms. The standard InChI is InChI=1S/C17H26N2O3/c1-4-14(5-2)18-10-12-19(13-11-18)17(20)22-16-8-6-15(21-3)7-9-16/h6-9,14H,4-5,10-13H2,1-3H3.